The largest absolute Gasteiger partial charge is 0.376 e. The topological polar surface area (TPSA) is 140 Å². The molecule has 4 heterocycles. The molecule has 2 saturated heterocycles. The number of benzene rings is 2. The summed E-state index contributed by atoms with van der Waals surface area (Å²) in [4.78, 5) is 47.2. The number of carbonyl (C=O) groups is 3. The van der Waals surface area contributed by atoms with Crippen molar-refractivity contribution in [2.45, 2.75) is 48.8 Å². The van der Waals surface area contributed by atoms with Gasteiger partial charge in [0.1, 0.15) is 17.3 Å². The average Bonchev–Trinajstić information content (AvgIpc) is 3.79. The molecule has 12 nitrogen and oxygen atoms in total. The minimum Gasteiger partial charge on any atom is -0.376 e. The average molecular weight is 596 g/mol. The van der Waals surface area contributed by atoms with Crippen LogP contribution in [-0.2, 0) is 36.1 Å². The molecule has 13 heteroatoms. The van der Waals surface area contributed by atoms with Gasteiger partial charge in [0.2, 0.25) is 5.91 Å². The summed E-state index contributed by atoms with van der Waals surface area (Å²) in [5.74, 6) is -1.65. The standard InChI is InChI=1S/C29H33N5O7S/c1-32-23-12-4-3-11-22(23)31-27(32)26(28(36)30-16-19-8-6-14-40-19)33(17-20-9-7-15-41-20)25(35)18-34-29(37)21-10-2-5-13-24(21)42(34,38)39/h2-5,10-13,19-20,26H,6-9,14-18H2,1H3,(H,30,36)/t19-,20-,26-/m1/s1. The van der Waals surface area contributed by atoms with Gasteiger partial charge in [0, 0.05) is 33.4 Å². The van der Waals surface area contributed by atoms with E-state index in [-0.39, 0.29) is 35.8 Å². The number of carbonyl (C=O) groups excluding carboxylic acids is 3. The number of hydrogen-bond acceptors (Lipinski definition) is 8. The highest BCUT2D eigenvalue weighted by atomic mass is 32.2. The minimum absolute atomic E-state index is 0.0113. The van der Waals surface area contributed by atoms with Crippen molar-refractivity contribution < 1.29 is 32.3 Å². The van der Waals surface area contributed by atoms with Crippen LogP contribution < -0.4 is 5.32 Å². The fourth-order valence-electron chi connectivity index (χ4n) is 5.88. The molecule has 3 atom stereocenters. The van der Waals surface area contributed by atoms with E-state index >= 15 is 0 Å². The van der Waals surface area contributed by atoms with Crippen LogP contribution in [0, 0.1) is 0 Å². The van der Waals surface area contributed by atoms with E-state index in [0.29, 0.717) is 35.3 Å². The van der Waals surface area contributed by atoms with Crippen LogP contribution >= 0.6 is 0 Å². The van der Waals surface area contributed by atoms with Crippen LogP contribution in [0.1, 0.15) is 47.9 Å². The molecular formula is C29H33N5O7S. The molecule has 2 aromatic carbocycles. The van der Waals surface area contributed by atoms with Crippen molar-refractivity contribution in [1.82, 2.24) is 24.1 Å². The van der Waals surface area contributed by atoms with E-state index in [0.717, 1.165) is 24.8 Å². The second-order valence-corrected chi connectivity index (χ2v) is 12.6. The van der Waals surface area contributed by atoms with Crippen LogP contribution in [0.5, 0.6) is 0 Å². The van der Waals surface area contributed by atoms with Gasteiger partial charge in [0.25, 0.3) is 21.8 Å². The lowest BCUT2D eigenvalue weighted by Gasteiger charge is -2.33. The first-order chi connectivity index (χ1) is 20.3. The number of nitrogens with one attached hydrogen (secondary N) is 1. The number of aromatic nitrogens is 2. The van der Waals surface area contributed by atoms with Gasteiger partial charge >= 0.3 is 0 Å². The highest BCUT2D eigenvalue weighted by molar-refractivity contribution is 7.90. The normalized spacial score (nSPS) is 21.9. The molecule has 42 heavy (non-hydrogen) atoms. The quantitative estimate of drug-likeness (QED) is 0.395. The number of fused-ring (bicyclic) bond motifs is 2. The Morgan fingerprint density at radius 2 is 1.74 bits per heavy atom. The first kappa shape index (κ1) is 28.3. The van der Waals surface area contributed by atoms with Crippen LogP contribution in [0.25, 0.3) is 11.0 Å². The minimum atomic E-state index is -4.24. The van der Waals surface area contributed by atoms with Gasteiger partial charge in [-0.25, -0.2) is 17.7 Å². The number of rotatable bonds is 9. The lowest BCUT2D eigenvalue weighted by molar-refractivity contribution is -0.143. The first-order valence-corrected chi connectivity index (χ1v) is 15.6. The number of nitrogens with zero attached hydrogens (tertiary/aromatic N) is 4. The third-order valence-corrected chi connectivity index (χ3v) is 9.88. The molecule has 0 bridgehead atoms. The molecule has 2 fully saturated rings. The van der Waals surface area contributed by atoms with E-state index in [4.69, 9.17) is 14.5 Å². The summed E-state index contributed by atoms with van der Waals surface area (Å²) in [6, 6.07) is 12.0. The number of imidazole rings is 1. The lowest BCUT2D eigenvalue weighted by Crippen LogP contribution is -2.51. The molecule has 0 spiro atoms. The molecule has 1 aromatic heterocycles. The summed E-state index contributed by atoms with van der Waals surface area (Å²) in [5, 5.41) is 2.94. The van der Waals surface area contributed by atoms with Gasteiger partial charge in [0.05, 0.1) is 28.8 Å². The summed E-state index contributed by atoms with van der Waals surface area (Å²) in [6.45, 7) is 0.662. The van der Waals surface area contributed by atoms with Crippen LogP contribution in [0.4, 0.5) is 0 Å². The Balaban J connectivity index is 1.37. The van der Waals surface area contributed by atoms with Gasteiger partial charge in [-0.05, 0) is 49.9 Å². The van der Waals surface area contributed by atoms with Crippen molar-refractivity contribution in [2.24, 2.45) is 7.05 Å². The Labute approximate surface area is 243 Å². The Morgan fingerprint density at radius 1 is 1.05 bits per heavy atom. The predicted octanol–water partition coefficient (Wildman–Crippen LogP) is 1.76. The van der Waals surface area contributed by atoms with Crippen molar-refractivity contribution in [3.63, 3.8) is 0 Å². The summed E-state index contributed by atoms with van der Waals surface area (Å²) < 4.78 is 40.4. The van der Waals surface area contributed by atoms with Crippen molar-refractivity contribution in [2.75, 3.05) is 32.8 Å². The molecular weight excluding hydrogens is 562 g/mol. The Kier molecular flexibility index (Phi) is 7.73. The molecule has 3 aliphatic heterocycles. The zero-order valence-corrected chi connectivity index (χ0v) is 24.1. The van der Waals surface area contributed by atoms with Crippen molar-refractivity contribution >= 4 is 38.8 Å². The first-order valence-electron chi connectivity index (χ1n) is 14.1. The molecule has 3 aromatic rings. The molecule has 0 saturated carbocycles. The highest BCUT2D eigenvalue weighted by Crippen LogP contribution is 2.32. The van der Waals surface area contributed by atoms with Crippen LogP contribution in [-0.4, -0.2) is 90.0 Å². The maximum Gasteiger partial charge on any atom is 0.269 e. The van der Waals surface area contributed by atoms with Gasteiger partial charge in [-0.2, -0.15) is 0 Å². The van der Waals surface area contributed by atoms with E-state index < -0.39 is 40.3 Å². The molecule has 222 valence electrons. The molecule has 0 radical (unpaired) electrons. The molecule has 6 rings (SSSR count). The molecule has 0 aliphatic carbocycles. The van der Waals surface area contributed by atoms with Crippen LogP contribution in [0.15, 0.2) is 53.4 Å². The molecule has 1 N–H and O–H groups in total. The molecule has 3 aliphatic rings. The second-order valence-electron chi connectivity index (χ2n) is 10.8. The van der Waals surface area contributed by atoms with Gasteiger partial charge < -0.3 is 24.3 Å². The SMILES string of the molecule is Cn1c([C@H](C(=O)NC[C@H]2CCCO2)N(C[C@H]2CCCO2)C(=O)CN2C(=O)c3ccccc3S2(=O)=O)nc2ccccc21. The Bertz CT molecular complexity index is 1630. The zero-order valence-electron chi connectivity index (χ0n) is 23.3. The van der Waals surface area contributed by atoms with Crippen molar-refractivity contribution in [3.05, 3.63) is 59.9 Å². The maximum absolute atomic E-state index is 14.1. The third kappa shape index (κ3) is 5.16. The van der Waals surface area contributed by atoms with Crippen molar-refractivity contribution in [3.8, 4) is 0 Å². The van der Waals surface area contributed by atoms with Gasteiger partial charge in [-0.15, -0.1) is 0 Å². The van der Waals surface area contributed by atoms with Gasteiger partial charge in [0.15, 0.2) is 6.04 Å². The monoisotopic (exact) mass is 595 g/mol. The maximum atomic E-state index is 14.1. The number of sulfonamides is 1. The lowest BCUT2D eigenvalue weighted by atomic mass is 10.1. The number of amides is 3. The molecule has 0 unspecified atom stereocenters. The van der Waals surface area contributed by atoms with E-state index in [1.807, 2.05) is 24.3 Å². The fraction of sp³-hybridized carbons (Fsp3) is 0.448. The van der Waals surface area contributed by atoms with Crippen LogP contribution in [0.3, 0.4) is 0 Å². The summed E-state index contributed by atoms with van der Waals surface area (Å²) in [6.07, 6.45) is 2.68. The summed E-state index contributed by atoms with van der Waals surface area (Å²) in [7, 11) is -2.48. The smallest absolute Gasteiger partial charge is 0.269 e. The van der Waals surface area contributed by atoms with Gasteiger partial charge in [-0.1, -0.05) is 24.3 Å². The van der Waals surface area contributed by atoms with E-state index in [2.05, 4.69) is 5.32 Å². The summed E-state index contributed by atoms with van der Waals surface area (Å²) in [5.41, 5.74) is 1.42. The predicted molar refractivity (Wildman–Crippen MR) is 151 cm³/mol. The summed E-state index contributed by atoms with van der Waals surface area (Å²) >= 11 is 0. The Morgan fingerprint density at radius 3 is 2.43 bits per heavy atom. The van der Waals surface area contributed by atoms with E-state index in [1.54, 1.807) is 17.7 Å². The highest BCUT2D eigenvalue weighted by Gasteiger charge is 2.45. The van der Waals surface area contributed by atoms with Gasteiger partial charge in [-0.3, -0.25) is 14.4 Å². The van der Waals surface area contributed by atoms with Crippen LogP contribution in [0.2, 0.25) is 0 Å². The van der Waals surface area contributed by atoms with E-state index in [9.17, 15) is 22.8 Å². The van der Waals surface area contributed by atoms with E-state index in [1.165, 1.54) is 23.1 Å². The fourth-order valence-corrected chi connectivity index (χ4v) is 7.40. The Hall–Kier alpha value is -3.81. The number of hydrogen-bond donors (Lipinski definition) is 1. The number of ether oxygens (including phenoxy) is 2. The zero-order chi connectivity index (χ0) is 29.4. The number of aryl methyl sites for hydroxylation is 1. The second kappa shape index (κ2) is 11.5. The number of para-hydroxylation sites is 2. The third-order valence-electron chi connectivity index (χ3n) is 8.09. The van der Waals surface area contributed by atoms with Crippen molar-refractivity contribution in [1.29, 1.82) is 0 Å². The molecule has 3 amide bonds.